The molecule has 1 aliphatic carbocycles. The van der Waals surface area contributed by atoms with Crippen LogP contribution in [0.3, 0.4) is 0 Å². The van der Waals surface area contributed by atoms with E-state index in [0.29, 0.717) is 18.6 Å². The first-order chi connectivity index (χ1) is 7.81. The number of nitrogen functional groups attached to an aromatic ring is 1. The lowest BCUT2D eigenvalue weighted by molar-refractivity contribution is -0.0165. The van der Waals surface area contributed by atoms with Gasteiger partial charge in [0.2, 0.25) is 0 Å². The monoisotopic (exact) mass is 242 g/mol. The van der Waals surface area contributed by atoms with Gasteiger partial charge in [0.05, 0.1) is 12.7 Å². The molecule has 1 aromatic heterocycles. The molecule has 1 saturated carbocycles. The summed E-state index contributed by atoms with van der Waals surface area (Å²) in [5.74, 6) is 6.00. The number of aromatic nitrogens is 2. The molecule has 5 nitrogen and oxygen atoms in total. The van der Waals surface area contributed by atoms with Gasteiger partial charge in [0.25, 0.3) is 0 Å². The number of ether oxygens (including phenoxy) is 1. The van der Waals surface area contributed by atoms with Crippen LogP contribution >= 0.6 is 11.5 Å². The molecule has 0 spiro atoms. The Bertz CT molecular complexity index is 330. The van der Waals surface area contributed by atoms with Crippen molar-refractivity contribution in [3.05, 3.63) is 5.69 Å². The van der Waals surface area contributed by atoms with Crippen molar-refractivity contribution >= 4 is 16.5 Å². The Hall–Kier alpha value is -0.720. The van der Waals surface area contributed by atoms with E-state index in [0.717, 1.165) is 17.1 Å². The first-order valence-corrected chi connectivity index (χ1v) is 6.48. The number of rotatable bonds is 4. The molecule has 3 N–H and O–H groups in total. The van der Waals surface area contributed by atoms with Crippen LogP contribution in [-0.2, 0) is 11.3 Å². The van der Waals surface area contributed by atoms with Gasteiger partial charge in [-0.1, -0.05) is 24.3 Å². The van der Waals surface area contributed by atoms with E-state index < -0.39 is 0 Å². The third-order valence-corrected chi connectivity index (χ3v) is 3.85. The number of hydrogen-bond acceptors (Lipinski definition) is 6. The highest BCUT2D eigenvalue weighted by molar-refractivity contribution is 7.10. The Morgan fingerprint density at radius 1 is 1.50 bits per heavy atom. The maximum Gasteiger partial charge on any atom is 0.149 e. The predicted octanol–water partition coefficient (Wildman–Crippen LogP) is 1.92. The first kappa shape index (κ1) is 11.8. The summed E-state index contributed by atoms with van der Waals surface area (Å²) >= 11 is 1.26. The van der Waals surface area contributed by atoms with Gasteiger partial charge < -0.3 is 10.2 Å². The summed E-state index contributed by atoms with van der Waals surface area (Å²) in [6.45, 7) is 2.76. The molecule has 1 fully saturated rings. The summed E-state index contributed by atoms with van der Waals surface area (Å²) in [6, 6.07) is 0. The largest absolute Gasteiger partial charge is 0.371 e. The van der Waals surface area contributed by atoms with E-state index >= 15 is 0 Å². The minimum atomic E-state index is 0.362. The molecule has 0 aromatic carbocycles. The summed E-state index contributed by atoms with van der Waals surface area (Å²) in [5.41, 5.74) is 3.40. The summed E-state index contributed by atoms with van der Waals surface area (Å²) in [7, 11) is 0. The Morgan fingerprint density at radius 3 is 3.06 bits per heavy atom. The second-order valence-corrected chi connectivity index (χ2v) is 5.06. The average molecular weight is 242 g/mol. The summed E-state index contributed by atoms with van der Waals surface area (Å²) < 4.78 is 9.74. The van der Waals surface area contributed by atoms with Crippen molar-refractivity contribution in [2.45, 2.75) is 45.3 Å². The van der Waals surface area contributed by atoms with Gasteiger partial charge in [-0.05, 0) is 18.8 Å². The van der Waals surface area contributed by atoms with Crippen LogP contribution in [0.2, 0.25) is 0 Å². The Balaban J connectivity index is 1.86. The van der Waals surface area contributed by atoms with Crippen molar-refractivity contribution in [1.82, 2.24) is 9.59 Å². The molecular weight excluding hydrogens is 224 g/mol. The third kappa shape index (κ3) is 2.69. The Morgan fingerprint density at radius 2 is 2.31 bits per heavy atom. The van der Waals surface area contributed by atoms with Crippen molar-refractivity contribution in [3.8, 4) is 0 Å². The highest BCUT2D eigenvalue weighted by atomic mass is 32.1. The van der Waals surface area contributed by atoms with E-state index in [1.54, 1.807) is 0 Å². The van der Waals surface area contributed by atoms with Crippen LogP contribution in [0, 0.1) is 5.92 Å². The Kier molecular flexibility index (Phi) is 4.09. The summed E-state index contributed by atoms with van der Waals surface area (Å²) in [6.07, 6.45) is 5.38. The fourth-order valence-corrected chi connectivity index (χ4v) is 2.61. The molecule has 6 heteroatoms. The van der Waals surface area contributed by atoms with Crippen LogP contribution < -0.4 is 11.3 Å². The average Bonchev–Trinajstić information content (AvgIpc) is 2.75. The van der Waals surface area contributed by atoms with E-state index in [1.807, 2.05) is 0 Å². The summed E-state index contributed by atoms with van der Waals surface area (Å²) in [4.78, 5) is 0. The van der Waals surface area contributed by atoms with Crippen LogP contribution in [0.1, 0.15) is 38.3 Å². The number of nitrogens with zero attached hydrogens (tertiary/aromatic N) is 2. The fraction of sp³-hybridized carbons (Fsp3) is 0.800. The van der Waals surface area contributed by atoms with Gasteiger partial charge in [-0.3, -0.25) is 0 Å². The van der Waals surface area contributed by atoms with Gasteiger partial charge in [-0.15, -0.1) is 5.10 Å². The normalized spacial score (nSPS) is 25.6. The van der Waals surface area contributed by atoms with Gasteiger partial charge in [-0.2, -0.15) is 0 Å². The molecule has 0 amide bonds. The zero-order valence-corrected chi connectivity index (χ0v) is 10.3. The number of hydrazine groups is 1. The van der Waals surface area contributed by atoms with Gasteiger partial charge in [0.15, 0.2) is 0 Å². The second kappa shape index (κ2) is 5.56. The lowest BCUT2D eigenvalue weighted by Crippen LogP contribution is -2.25. The highest BCUT2D eigenvalue weighted by Gasteiger charge is 2.22. The van der Waals surface area contributed by atoms with Gasteiger partial charge in [0, 0.05) is 11.5 Å². The zero-order valence-electron chi connectivity index (χ0n) is 9.48. The summed E-state index contributed by atoms with van der Waals surface area (Å²) in [5, 5.41) is 4.79. The molecule has 1 aliphatic rings. The van der Waals surface area contributed by atoms with E-state index in [4.69, 9.17) is 10.6 Å². The lowest BCUT2D eigenvalue weighted by Gasteiger charge is -2.28. The van der Waals surface area contributed by atoms with Gasteiger partial charge in [0.1, 0.15) is 10.7 Å². The first-order valence-electron chi connectivity index (χ1n) is 5.70. The molecule has 90 valence electrons. The second-order valence-electron chi connectivity index (χ2n) is 4.30. The zero-order chi connectivity index (χ0) is 11.4. The molecule has 1 heterocycles. The lowest BCUT2D eigenvalue weighted by atomic mass is 9.88. The molecule has 16 heavy (non-hydrogen) atoms. The van der Waals surface area contributed by atoms with E-state index in [2.05, 4.69) is 21.9 Å². The van der Waals surface area contributed by atoms with Crippen molar-refractivity contribution in [1.29, 1.82) is 0 Å². The van der Waals surface area contributed by atoms with Crippen LogP contribution in [0.25, 0.3) is 0 Å². The maximum atomic E-state index is 5.89. The molecule has 2 unspecified atom stereocenters. The van der Waals surface area contributed by atoms with Crippen molar-refractivity contribution in [3.63, 3.8) is 0 Å². The molecule has 2 rings (SSSR count). The van der Waals surface area contributed by atoms with E-state index in [-0.39, 0.29) is 0 Å². The van der Waals surface area contributed by atoms with Gasteiger partial charge >= 0.3 is 0 Å². The quantitative estimate of drug-likeness (QED) is 0.623. The molecule has 0 radical (unpaired) electrons. The predicted molar refractivity (Wildman–Crippen MR) is 63.9 cm³/mol. The topological polar surface area (TPSA) is 73.1 Å². The van der Waals surface area contributed by atoms with Crippen molar-refractivity contribution in [2.24, 2.45) is 11.8 Å². The van der Waals surface area contributed by atoms with Gasteiger partial charge in [-0.25, -0.2) is 5.84 Å². The molecule has 0 aliphatic heterocycles. The number of nitrogens with two attached hydrogens (primary N) is 1. The minimum absolute atomic E-state index is 0.362. The van der Waals surface area contributed by atoms with Crippen molar-refractivity contribution < 1.29 is 4.74 Å². The van der Waals surface area contributed by atoms with Crippen LogP contribution in [0.5, 0.6) is 0 Å². The Labute approximate surface area is 99.5 Å². The smallest absolute Gasteiger partial charge is 0.149 e. The highest BCUT2D eigenvalue weighted by Crippen LogP contribution is 2.27. The number of nitrogens with one attached hydrogen (secondary N) is 1. The molecule has 0 saturated heterocycles. The molecular formula is C10H18N4OS. The molecule has 2 atom stereocenters. The standard InChI is InChI=1S/C10H18N4OS/c1-7-4-2-3-5-9(7)15-6-8-10(12-11)16-14-13-8/h7,9,12H,2-6,11H2,1H3. The third-order valence-electron chi connectivity index (χ3n) is 3.15. The number of anilines is 1. The van der Waals surface area contributed by atoms with Crippen molar-refractivity contribution in [2.75, 3.05) is 5.43 Å². The van der Waals surface area contributed by atoms with E-state index in [1.165, 1.54) is 30.8 Å². The minimum Gasteiger partial charge on any atom is -0.371 e. The molecule has 0 bridgehead atoms. The SMILES string of the molecule is CC1CCCCC1OCc1nnsc1NN. The van der Waals surface area contributed by atoms with Crippen LogP contribution in [-0.4, -0.2) is 15.7 Å². The maximum absolute atomic E-state index is 5.89. The number of hydrogen-bond donors (Lipinski definition) is 2. The van der Waals surface area contributed by atoms with Crippen LogP contribution in [0.4, 0.5) is 5.00 Å². The fourth-order valence-electron chi connectivity index (χ4n) is 2.13. The van der Waals surface area contributed by atoms with E-state index in [9.17, 15) is 0 Å². The van der Waals surface area contributed by atoms with Crippen LogP contribution in [0.15, 0.2) is 0 Å². The molecule has 1 aromatic rings.